The average Bonchev–Trinajstić information content (AvgIpc) is 3.28. The molecule has 2 N–H and O–H groups in total. The summed E-state index contributed by atoms with van der Waals surface area (Å²) in [7, 11) is 0. The van der Waals surface area contributed by atoms with E-state index in [1.807, 2.05) is 17.9 Å². The molecular formula is C27H33Cl3N6O3. The van der Waals surface area contributed by atoms with Gasteiger partial charge in [0.2, 0.25) is 11.9 Å². The van der Waals surface area contributed by atoms with E-state index < -0.39 is 12.0 Å². The van der Waals surface area contributed by atoms with Crippen LogP contribution in [0.3, 0.4) is 0 Å². The third-order valence-corrected chi connectivity index (χ3v) is 9.01. The molecule has 2 aromatic rings. The Morgan fingerprint density at radius 3 is 2.64 bits per heavy atom. The number of carbonyl (C=O) groups is 2. The molecule has 3 aliphatic heterocycles. The van der Waals surface area contributed by atoms with Crippen LogP contribution in [0, 0.1) is 11.8 Å². The number of hydrogen-bond donors (Lipinski definition) is 2. The molecule has 12 heteroatoms. The van der Waals surface area contributed by atoms with Gasteiger partial charge in [-0.1, -0.05) is 40.9 Å². The molecule has 39 heavy (non-hydrogen) atoms. The summed E-state index contributed by atoms with van der Waals surface area (Å²) in [4.78, 5) is 39.5. The number of likely N-dealkylation sites (tertiary alicyclic amines) is 2. The Labute approximate surface area is 243 Å². The van der Waals surface area contributed by atoms with Crippen LogP contribution in [0.1, 0.15) is 44.2 Å². The molecule has 3 fully saturated rings. The number of nitrogens with zero attached hydrogens (tertiary/aromatic N) is 5. The highest BCUT2D eigenvalue weighted by atomic mass is 35.5. The second-order valence-electron chi connectivity index (χ2n) is 10.7. The SMILES string of the molecule is CC(Nc1nc(N2CC(C3CCCN(CCN4CCCC4=O)C3C(=O)O)C2)ncc1Cl)c1ccc(Cl)cc1Cl. The number of hydrogen-bond acceptors (Lipinski definition) is 7. The van der Waals surface area contributed by atoms with Crippen molar-refractivity contribution in [3.63, 3.8) is 0 Å². The van der Waals surface area contributed by atoms with Gasteiger partial charge in [-0.3, -0.25) is 14.5 Å². The van der Waals surface area contributed by atoms with Crippen LogP contribution in [-0.4, -0.2) is 82.1 Å². The zero-order valence-corrected chi connectivity index (χ0v) is 24.1. The predicted molar refractivity (Wildman–Crippen MR) is 153 cm³/mol. The maximum Gasteiger partial charge on any atom is 0.321 e. The molecule has 1 aromatic carbocycles. The molecule has 1 amide bonds. The number of halogens is 3. The Balaban J connectivity index is 1.22. The van der Waals surface area contributed by atoms with E-state index in [1.54, 1.807) is 18.3 Å². The van der Waals surface area contributed by atoms with Crippen molar-refractivity contribution in [1.82, 2.24) is 19.8 Å². The van der Waals surface area contributed by atoms with E-state index >= 15 is 0 Å². The number of aromatic nitrogens is 2. The number of benzene rings is 1. The lowest BCUT2D eigenvalue weighted by Gasteiger charge is -2.49. The minimum Gasteiger partial charge on any atom is -0.480 e. The summed E-state index contributed by atoms with van der Waals surface area (Å²) >= 11 is 18.8. The molecule has 0 saturated carbocycles. The van der Waals surface area contributed by atoms with Crippen molar-refractivity contribution in [1.29, 1.82) is 0 Å². The molecule has 1 aromatic heterocycles. The van der Waals surface area contributed by atoms with E-state index in [1.165, 1.54) is 0 Å². The Morgan fingerprint density at radius 1 is 1.15 bits per heavy atom. The van der Waals surface area contributed by atoms with Gasteiger partial charge in [0.1, 0.15) is 11.1 Å². The lowest BCUT2D eigenvalue weighted by Crippen LogP contribution is -2.60. The van der Waals surface area contributed by atoms with Gasteiger partial charge >= 0.3 is 5.97 Å². The van der Waals surface area contributed by atoms with E-state index in [2.05, 4.69) is 25.1 Å². The molecule has 3 atom stereocenters. The predicted octanol–water partition coefficient (Wildman–Crippen LogP) is 4.83. The number of rotatable bonds is 9. The van der Waals surface area contributed by atoms with Gasteiger partial charge in [-0.25, -0.2) is 4.98 Å². The summed E-state index contributed by atoms with van der Waals surface area (Å²) in [6.45, 7) is 6.05. The first-order chi connectivity index (χ1) is 18.7. The average molecular weight is 596 g/mol. The second-order valence-corrected chi connectivity index (χ2v) is 11.9. The molecule has 9 nitrogen and oxygen atoms in total. The maximum atomic E-state index is 12.4. The van der Waals surface area contributed by atoms with Gasteiger partial charge in [0.25, 0.3) is 0 Å². The van der Waals surface area contributed by atoms with Gasteiger partial charge in [0.15, 0.2) is 5.82 Å². The maximum absolute atomic E-state index is 12.4. The third-order valence-electron chi connectivity index (χ3n) is 8.18. The highest BCUT2D eigenvalue weighted by Crippen LogP contribution is 2.38. The largest absolute Gasteiger partial charge is 0.480 e. The number of amides is 1. The van der Waals surface area contributed by atoms with Gasteiger partial charge in [0, 0.05) is 49.2 Å². The summed E-state index contributed by atoms with van der Waals surface area (Å²) in [5.41, 5.74) is 0.872. The number of carbonyl (C=O) groups excluding carboxylic acids is 1. The molecule has 3 aliphatic rings. The van der Waals surface area contributed by atoms with Crippen LogP contribution in [0.5, 0.6) is 0 Å². The summed E-state index contributed by atoms with van der Waals surface area (Å²) in [6.07, 6.45) is 4.90. The van der Waals surface area contributed by atoms with E-state index in [4.69, 9.17) is 34.8 Å². The Morgan fingerprint density at radius 2 is 1.95 bits per heavy atom. The minimum absolute atomic E-state index is 0.0405. The van der Waals surface area contributed by atoms with Gasteiger partial charge in [-0.15, -0.1) is 0 Å². The fourth-order valence-corrected chi connectivity index (χ4v) is 6.78. The Kier molecular flexibility index (Phi) is 8.71. The highest BCUT2D eigenvalue weighted by Gasteiger charge is 2.45. The van der Waals surface area contributed by atoms with Crippen LogP contribution in [-0.2, 0) is 9.59 Å². The van der Waals surface area contributed by atoms with Crippen molar-refractivity contribution < 1.29 is 14.7 Å². The minimum atomic E-state index is -0.782. The number of nitrogens with one attached hydrogen (secondary N) is 1. The molecule has 0 spiro atoms. The number of carboxylic acid groups (broad SMARTS) is 1. The smallest absolute Gasteiger partial charge is 0.321 e. The van der Waals surface area contributed by atoms with Crippen molar-refractivity contribution in [2.45, 2.75) is 44.7 Å². The van der Waals surface area contributed by atoms with Crippen LogP contribution in [0.25, 0.3) is 0 Å². The van der Waals surface area contributed by atoms with Crippen LogP contribution in [0.2, 0.25) is 15.1 Å². The van der Waals surface area contributed by atoms with Gasteiger partial charge in [-0.05, 0) is 62.3 Å². The van der Waals surface area contributed by atoms with Crippen LogP contribution < -0.4 is 10.2 Å². The normalized spacial score (nSPS) is 23.1. The number of carboxylic acids is 1. The van der Waals surface area contributed by atoms with Crippen molar-refractivity contribution in [3.05, 3.63) is 45.0 Å². The van der Waals surface area contributed by atoms with E-state index in [0.717, 1.165) is 37.9 Å². The third kappa shape index (κ3) is 6.21. The van der Waals surface area contributed by atoms with Gasteiger partial charge in [-0.2, -0.15) is 4.98 Å². The zero-order chi connectivity index (χ0) is 27.7. The van der Waals surface area contributed by atoms with Crippen LogP contribution >= 0.6 is 34.8 Å². The van der Waals surface area contributed by atoms with E-state index in [0.29, 0.717) is 59.4 Å². The number of aliphatic carboxylic acids is 1. The number of piperidine rings is 1. The van der Waals surface area contributed by atoms with E-state index in [-0.39, 0.29) is 23.8 Å². The molecule has 0 aliphatic carbocycles. The summed E-state index contributed by atoms with van der Waals surface area (Å²) in [6, 6.07) is 4.65. The van der Waals surface area contributed by atoms with Crippen LogP contribution in [0.15, 0.2) is 24.4 Å². The first kappa shape index (κ1) is 28.2. The van der Waals surface area contributed by atoms with Crippen molar-refractivity contribution in [3.8, 4) is 0 Å². The summed E-state index contributed by atoms with van der Waals surface area (Å²) in [5, 5.41) is 15.0. The van der Waals surface area contributed by atoms with Crippen molar-refractivity contribution in [2.24, 2.45) is 11.8 Å². The first-order valence-corrected chi connectivity index (χ1v) is 14.6. The monoisotopic (exact) mass is 594 g/mol. The highest BCUT2D eigenvalue weighted by molar-refractivity contribution is 6.35. The summed E-state index contributed by atoms with van der Waals surface area (Å²) in [5.74, 6) is 0.720. The number of anilines is 2. The second kappa shape index (κ2) is 12.0. The quantitative estimate of drug-likeness (QED) is 0.425. The molecule has 0 bridgehead atoms. The molecule has 3 unspecified atom stereocenters. The van der Waals surface area contributed by atoms with Crippen molar-refractivity contribution >= 4 is 58.4 Å². The molecule has 5 rings (SSSR count). The first-order valence-electron chi connectivity index (χ1n) is 13.4. The zero-order valence-electron chi connectivity index (χ0n) is 21.8. The molecule has 3 saturated heterocycles. The molecule has 4 heterocycles. The summed E-state index contributed by atoms with van der Waals surface area (Å²) < 4.78 is 0. The topological polar surface area (TPSA) is 102 Å². The van der Waals surface area contributed by atoms with E-state index in [9.17, 15) is 14.7 Å². The Hall–Kier alpha value is -2.33. The van der Waals surface area contributed by atoms with Gasteiger partial charge < -0.3 is 20.2 Å². The lowest BCUT2D eigenvalue weighted by atomic mass is 9.75. The standard InChI is InChI=1S/C27H33Cl3N6O3/c1-16(19-7-6-18(28)12-21(19)29)32-25-22(30)13-31-27(33-25)36-14-17(15-36)20-4-2-9-35(24(20)26(38)39)11-10-34-8-3-5-23(34)37/h6-7,12-13,16-17,20,24H,2-5,8-11,14-15H2,1H3,(H,38,39)(H,31,32,33). The fraction of sp³-hybridized carbons (Fsp3) is 0.556. The molecular weight excluding hydrogens is 563 g/mol. The molecule has 210 valence electrons. The molecule has 0 radical (unpaired) electrons. The van der Waals surface area contributed by atoms with Crippen molar-refractivity contribution in [2.75, 3.05) is 49.5 Å². The Bertz CT molecular complexity index is 1230. The fourth-order valence-electron chi connectivity index (χ4n) is 6.06. The lowest BCUT2D eigenvalue weighted by molar-refractivity contribution is -0.149. The van der Waals surface area contributed by atoms with Gasteiger partial charge in [0.05, 0.1) is 12.2 Å². The van der Waals surface area contributed by atoms with Crippen LogP contribution in [0.4, 0.5) is 11.8 Å².